The third-order valence-electron chi connectivity index (χ3n) is 4.91. The molecule has 1 aromatic carbocycles. The Hall–Kier alpha value is -2.12. The molecule has 156 valence electrons. The summed E-state index contributed by atoms with van der Waals surface area (Å²) >= 11 is 0. The molecule has 1 aliphatic rings. The van der Waals surface area contributed by atoms with Crippen molar-refractivity contribution in [1.82, 2.24) is 4.90 Å². The summed E-state index contributed by atoms with van der Waals surface area (Å²) in [7, 11) is 1.32. The number of nitrogens with zero attached hydrogens (tertiary/aromatic N) is 1. The van der Waals surface area contributed by atoms with Gasteiger partial charge in [0.05, 0.1) is 24.3 Å². The Bertz CT molecular complexity index is 681. The van der Waals surface area contributed by atoms with Crippen molar-refractivity contribution in [2.24, 2.45) is 0 Å². The van der Waals surface area contributed by atoms with E-state index in [-0.39, 0.29) is 12.6 Å². The van der Waals surface area contributed by atoms with Crippen molar-refractivity contribution in [2.45, 2.75) is 63.7 Å². The molecule has 7 nitrogen and oxygen atoms in total. The lowest BCUT2D eigenvalue weighted by Gasteiger charge is -2.44. The minimum Gasteiger partial charge on any atom is -0.465 e. The molecule has 0 saturated carbocycles. The molecule has 0 spiro atoms. The molecular weight excluding hydrogens is 362 g/mol. The van der Waals surface area contributed by atoms with Crippen LogP contribution in [0, 0.1) is 0 Å². The lowest BCUT2D eigenvalue weighted by atomic mass is 9.80. The van der Waals surface area contributed by atoms with Crippen molar-refractivity contribution in [3.63, 3.8) is 0 Å². The SMILES string of the molecule is COC(=O)c1ccc([C@@H]2CC(O)(CCCO)CCN2C(=O)OC(C)(C)C)cc1. The Morgan fingerprint density at radius 1 is 1.25 bits per heavy atom. The zero-order valence-electron chi connectivity index (χ0n) is 17.1. The number of carbonyl (C=O) groups is 2. The number of amides is 1. The fraction of sp³-hybridized carbons (Fsp3) is 0.619. The molecule has 1 unspecified atom stereocenters. The van der Waals surface area contributed by atoms with Crippen LogP contribution in [-0.2, 0) is 9.47 Å². The van der Waals surface area contributed by atoms with E-state index in [0.29, 0.717) is 37.8 Å². The summed E-state index contributed by atoms with van der Waals surface area (Å²) in [6.45, 7) is 5.79. The highest BCUT2D eigenvalue weighted by atomic mass is 16.6. The first-order chi connectivity index (χ1) is 13.1. The maximum Gasteiger partial charge on any atom is 0.410 e. The van der Waals surface area contributed by atoms with E-state index in [0.717, 1.165) is 5.56 Å². The molecule has 28 heavy (non-hydrogen) atoms. The summed E-state index contributed by atoms with van der Waals surface area (Å²) in [5, 5.41) is 20.1. The van der Waals surface area contributed by atoms with E-state index >= 15 is 0 Å². The second-order valence-electron chi connectivity index (χ2n) is 8.31. The van der Waals surface area contributed by atoms with Crippen LogP contribution in [0.25, 0.3) is 0 Å². The number of aliphatic hydroxyl groups is 2. The molecule has 1 saturated heterocycles. The van der Waals surface area contributed by atoms with Crippen LogP contribution in [0.3, 0.4) is 0 Å². The number of hydrogen-bond acceptors (Lipinski definition) is 6. The number of esters is 1. The molecule has 1 amide bonds. The van der Waals surface area contributed by atoms with Gasteiger partial charge >= 0.3 is 12.1 Å². The van der Waals surface area contributed by atoms with Crippen LogP contribution in [0.1, 0.15) is 68.4 Å². The van der Waals surface area contributed by atoms with Gasteiger partial charge in [0.1, 0.15) is 5.60 Å². The number of benzene rings is 1. The molecular formula is C21H31NO6. The lowest BCUT2D eigenvalue weighted by Crippen LogP contribution is -2.49. The predicted molar refractivity (Wildman–Crippen MR) is 104 cm³/mol. The number of methoxy groups -OCH3 is 1. The monoisotopic (exact) mass is 393 g/mol. The average molecular weight is 393 g/mol. The van der Waals surface area contributed by atoms with E-state index < -0.39 is 23.3 Å². The summed E-state index contributed by atoms with van der Waals surface area (Å²) in [6.07, 6.45) is 1.28. The van der Waals surface area contributed by atoms with E-state index in [9.17, 15) is 14.7 Å². The molecule has 1 fully saturated rings. The van der Waals surface area contributed by atoms with Crippen molar-refractivity contribution in [2.75, 3.05) is 20.3 Å². The van der Waals surface area contributed by atoms with Crippen LogP contribution in [0.2, 0.25) is 0 Å². The fourth-order valence-electron chi connectivity index (χ4n) is 3.49. The Balaban J connectivity index is 2.29. The van der Waals surface area contributed by atoms with Gasteiger partial charge in [0.25, 0.3) is 0 Å². The number of ether oxygens (including phenoxy) is 2. The maximum atomic E-state index is 12.8. The molecule has 2 atom stereocenters. The smallest absolute Gasteiger partial charge is 0.410 e. The molecule has 1 heterocycles. The predicted octanol–water partition coefficient (Wildman–Crippen LogP) is 3.05. The van der Waals surface area contributed by atoms with E-state index in [2.05, 4.69) is 0 Å². The van der Waals surface area contributed by atoms with Gasteiger partial charge in [0.2, 0.25) is 0 Å². The van der Waals surface area contributed by atoms with E-state index in [1.165, 1.54) is 7.11 Å². The molecule has 1 aromatic rings. The highest BCUT2D eigenvalue weighted by molar-refractivity contribution is 5.89. The van der Waals surface area contributed by atoms with Gasteiger partial charge in [-0.25, -0.2) is 9.59 Å². The maximum absolute atomic E-state index is 12.8. The van der Waals surface area contributed by atoms with Crippen molar-refractivity contribution in [3.8, 4) is 0 Å². The number of likely N-dealkylation sites (tertiary alicyclic amines) is 1. The molecule has 0 bridgehead atoms. The van der Waals surface area contributed by atoms with Crippen molar-refractivity contribution in [3.05, 3.63) is 35.4 Å². The minimum absolute atomic E-state index is 0.0105. The Labute approximate surface area is 166 Å². The third kappa shape index (κ3) is 5.69. The number of carbonyl (C=O) groups excluding carboxylic acids is 2. The zero-order valence-corrected chi connectivity index (χ0v) is 17.1. The Kier molecular flexibility index (Phi) is 7.06. The quantitative estimate of drug-likeness (QED) is 0.747. The van der Waals surface area contributed by atoms with Gasteiger partial charge in [0.15, 0.2) is 0 Å². The van der Waals surface area contributed by atoms with Gasteiger partial charge in [-0.2, -0.15) is 0 Å². The van der Waals surface area contributed by atoms with Gasteiger partial charge in [-0.1, -0.05) is 12.1 Å². The number of hydrogen-bond donors (Lipinski definition) is 2. The Morgan fingerprint density at radius 2 is 1.89 bits per heavy atom. The van der Waals surface area contributed by atoms with Gasteiger partial charge in [-0.3, -0.25) is 0 Å². The molecule has 2 N–H and O–H groups in total. The summed E-state index contributed by atoms with van der Waals surface area (Å²) in [6, 6.07) is 6.45. The summed E-state index contributed by atoms with van der Waals surface area (Å²) in [5.74, 6) is -0.432. The summed E-state index contributed by atoms with van der Waals surface area (Å²) in [4.78, 5) is 26.1. The lowest BCUT2D eigenvalue weighted by molar-refractivity contribution is -0.0618. The first kappa shape index (κ1) is 22.2. The van der Waals surface area contributed by atoms with Crippen LogP contribution in [0.5, 0.6) is 0 Å². The first-order valence-corrected chi connectivity index (χ1v) is 9.60. The third-order valence-corrected chi connectivity index (χ3v) is 4.91. The topological polar surface area (TPSA) is 96.3 Å². The van der Waals surface area contributed by atoms with E-state index in [1.807, 2.05) is 20.8 Å². The van der Waals surface area contributed by atoms with E-state index in [1.54, 1.807) is 29.2 Å². The number of piperidine rings is 1. The second kappa shape index (κ2) is 8.92. The Morgan fingerprint density at radius 3 is 2.43 bits per heavy atom. The van der Waals surface area contributed by atoms with Crippen molar-refractivity contribution < 1.29 is 29.3 Å². The summed E-state index contributed by atoms with van der Waals surface area (Å²) < 4.78 is 10.3. The normalized spacial score (nSPS) is 22.6. The fourth-order valence-corrected chi connectivity index (χ4v) is 3.49. The number of aliphatic hydroxyl groups excluding tert-OH is 1. The molecule has 2 rings (SSSR count). The molecule has 0 aliphatic carbocycles. The standard InChI is InChI=1S/C21H31NO6/c1-20(2,3)28-19(25)22-12-11-21(26,10-5-13-23)14-17(22)15-6-8-16(9-7-15)18(24)27-4/h6-9,17,23,26H,5,10-14H2,1-4H3/t17-,21?/m0/s1. The molecule has 0 radical (unpaired) electrons. The van der Waals surface area contributed by atoms with Crippen molar-refractivity contribution >= 4 is 12.1 Å². The highest BCUT2D eigenvalue weighted by Gasteiger charge is 2.41. The molecule has 0 aromatic heterocycles. The van der Waals surface area contributed by atoms with Crippen LogP contribution < -0.4 is 0 Å². The van der Waals surface area contributed by atoms with Crippen molar-refractivity contribution in [1.29, 1.82) is 0 Å². The van der Waals surface area contributed by atoms with Gasteiger partial charge in [-0.05, 0) is 57.7 Å². The van der Waals surface area contributed by atoms with Gasteiger partial charge in [0, 0.05) is 19.6 Å². The van der Waals surface area contributed by atoms with Crippen LogP contribution in [0.4, 0.5) is 4.79 Å². The molecule has 1 aliphatic heterocycles. The van der Waals surface area contributed by atoms with Crippen LogP contribution >= 0.6 is 0 Å². The highest BCUT2D eigenvalue weighted by Crippen LogP contribution is 2.39. The van der Waals surface area contributed by atoms with Gasteiger partial charge < -0.3 is 24.6 Å². The average Bonchev–Trinajstić information content (AvgIpc) is 2.64. The number of rotatable bonds is 5. The first-order valence-electron chi connectivity index (χ1n) is 9.60. The molecule has 7 heteroatoms. The summed E-state index contributed by atoms with van der Waals surface area (Å²) in [5.41, 5.74) is -0.365. The minimum atomic E-state index is -0.965. The van der Waals surface area contributed by atoms with Crippen LogP contribution in [-0.4, -0.2) is 58.6 Å². The van der Waals surface area contributed by atoms with E-state index in [4.69, 9.17) is 14.6 Å². The zero-order chi connectivity index (χ0) is 20.9. The van der Waals surface area contributed by atoms with Gasteiger partial charge in [-0.15, -0.1) is 0 Å². The largest absolute Gasteiger partial charge is 0.465 e. The van der Waals surface area contributed by atoms with Crippen LogP contribution in [0.15, 0.2) is 24.3 Å². The second-order valence-corrected chi connectivity index (χ2v) is 8.31.